The monoisotopic (exact) mass is 333 g/mol. The van der Waals surface area contributed by atoms with Gasteiger partial charge in [-0.25, -0.2) is 0 Å². The minimum Gasteiger partial charge on any atom is -0.387 e. The Morgan fingerprint density at radius 2 is 2.35 bits per heavy atom. The number of rotatable bonds is 5. The van der Waals surface area contributed by atoms with Crippen LogP contribution in [-0.4, -0.2) is 32.2 Å². The number of aliphatic hydroxyl groups excluding tert-OH is 1. The van der Waals surface area contributed by atoms with Gasteiger partial charge in [-0.3, -0.25) is 9.48 Å². The number of amides is 1. The van der Waals surface area contributed by atoms with E-state index in [4.69, 9.17) is 0 Å². The summed E-state index contributed by atoms with van der Waals surface area (Å²) in [5.74, 6) is 0.198. The lowest BCUT2D eigenvalue weighted by atomic mass is 10.1. The lowest BCUT2D eigenvalue weighted by Gasteiger charge is -2.20. The van der Waals surface area contributed by atoms with E-state index in [0.29, 0.717) is 19.4 Å². The van der Waals surface area contributed by atoms with Crippen LogP contribution in [0.15, 0.2) is 22.9 Å². The lowest BCUT2D eigenvalue weighted by molar-refractivity contribution is -0.131. The minimum absolute atomic E-state index is 0.198. The summed E-state index contributed by atoms with van der Waals surface area (Å²) in [6.45, 7) is 4.11. The Hall–Kier alpha value is -1.66. The largest absolute Gasteiger partial charge is 0.387 e. The number of carbonyl (C=O) groups excluding carboxylic acids is 1. The van der Waals surface area contributed by atoms with Gasteiger partial charge < -0.3 is 10.0 Å². The molecule has 0 aromatic carbocycles. The standard InChI is InChI=1S/C17H23N3O2S/c1-2-16(21)15-10-14-11-19(7-3-8-20(14)18-15)17(22)5-4-13-6-9-23-12-13/h6,9-10,12,16,21H,2-5,7-8,11H2,1H3. The van der Waals surface area contributed by atoms with Gasteiger partial charge in [0.2, 0.25) is 5.91 Å². The maximum atomic E-state index is 12.5. The predicted octanol–water partition coefficient (Wildman–Crippen LogP) is 2.75. The summed E-state index contributed by atoms with van der Waals surface area (Å²) in [7, 11) is 0. The summed E-state index contributed by atoms with van der Waals surface area (Å²) >= 11 is 1.67. The molecule has 0 bridgehead atoms. The number of hydrogen-bond acceptors (Lipinski definition) is 4. The first-order valence-corrected chi connectivity index (χ1v) is 9.15. The van der Waals surface area contributed by atoms with Crippen LogP contribution in [0.3, 0.4) is 0 Å². The first-order valence-electron chi connectivity index (χ1n) is 8.21. The smallest absolute Gasteiger partial charge is 0.223 e. The predicted molar refractivity (Wildman–Crippen MR) is 90.2 cm³/mol. The maximum Gasteiger partial charge on any atom is 0.223 e. The Kier molecular flexibility index (Phi) is 5.13. The molecule has 1 atom stereocenters. The van der Waals surface area contributed by atoms with E-state index in [1.165, 1.54) is 5.56 Å². The molecule has 2 aromatic heterocycles. The molecule has 1 amide bonds. The van der Waals surface area contributed by atoms with E-state index in [1.807, 2.05) is 28.0 Å². The van der Waals surface area contributed by atoms with E-state index < -0.39 is 6.10 Å². The summed E-state index contributed by atoms with van der Waals surface area (Å²) in [4.78, 5) is 14.4. The molecule has 1 unspecified atom stereocenters. The molecule has 23 heavy (non-hydrogen) atoms. The van der Waals surface area contributed by atoms with Crippen molar-refractivity contribution in [3.8, 4) is 0 Å². The molecule has 5 nitrogen and oxygen atoms in total. The van der Waals surface area contributed by atoms with Gasteiger partial charge in [-0.05, 0) is 47.7 Å². The van der Waals surface area contributed by atoms with E-state index in [-0.39, 0.29) is 5.91 Å². The van der Waals surface area contributed by atoms with E-state index in [2.05, 4.69) is 16.5 Å². The van der Waals surface area contributed by atoms with Crippen molar-refractivity contribution >= 4 is 17.2 Å². The fourth-order valence-electron chi connectivity index (χ4n) is 2.91. The third kappa shape index (κ3) is 3.82. The van der Waals surface area contributed by atoms with Crippen LogP contribution in [0.4, 0.5) is 0 Å². The van der Waals surface area contributed by atoms with Crippen molar-refractivity contribution in [3.05, 3.63) is 39.8 Å². The highest BCUT2D eigenvalue weighted by Gasteiger charge is 2.21. The number of nitrogens with zero attached hydrogens (tertiary/aromatic N) is 3. The zero-order valence-corrected chi connectivity index (χ0v) is 14.3. The van der Waals surface area contributed by atoms with E-state index in [0.717, 1.165) is 37.3 Å². The highest BCUT2D eigenvalue weighted by molar-refractivity contribution is 7.07. The molecule has 0 saturated heterocycles. The van der Waals surface area contributed by atoms with Crippen LogP contribution < -0.4 is 0 Å². The first kappa shape index (κ1) is 16.2. The maximum absolute atomic E-state index is 12.5. The summed E-state index contributed by atoms with van der Waals surface area (Å²) in [5.41, 5.74) is 2.97. The second-order valence-electron chi connectivity index (χ2n) is 6.01. The average molecular weight is 333 g/mol. The van der Waals surface area contributed by atoms with Gasteiger partial charge in [-0.2, -0.15) is 16.4 Å². The number of aryl methyl sites for hydroxylation is 2. The fraction of sp³-hybridized carbons (Fsp3) is 0.529. The summed E-state index contributed by atoms with van der Waals surface area (Å²) in [6.07, 6.45) is 2.39. The van der Waals surface area contributed by atoms with Crippen LogP contribution in [0.1, 0.15) is 49.2 Å². The van der Waals surface area contributed by atoms with Crippen molar-refractivity contribution in [3.63, 3.8) is 0 Å². The molecular formula is C17H23N3O2S. The van der Waals surface area contributed by atoms with Crippen molar-refractivity contribution in [2.75, 3.05) is 6.54 Å². The van der Waals surface area contributed by atoms with E-state index in [1.54, 1.807) is 11.3 Å². The second-order valence-corrected chi connectivity index (χ2v) is 6.79. The number of carbonyl (C=O) groups is 1. The third-order valence-electron chi connectivity index (χ3n) is 4.32. The highest BCUT2D eigenvalue weighted by Crippen LogP contribution is 2.20. The quantitative estimate of drug-likeness (QED) is 0.915. The molecule has 124 valence electrons. The number of thiophene rings is 1. The normalized spacial score (nSPS) is 16.0. The molecule has 1 aliphatic heterocycles. The number of hydrogen-bond donors (Lipinski definition) is 1. The van der Waals surface area contributed by atoms with Crippen molar-refractivity contribution in [2.45, 2.75) is 51.8 Å². The molecule has 0 fully saturated rings. The van der Waals surface area contributed by atoms with Crippen molar-refractivity contribution in [1.82, 2.24) is 14.7 Å². The Labute approximate surface area is 140 Å². The fourth-order valence-corrected chi connectivity index (χ4v) is 3.62. The van der Waals surface area contributed by atoms with Gasteiger partial charge in [-0.15, -0.1) is 0 Å². The summed E-state index contributed by atoms with van der Waals surface area (Å²) in [6, 6.07) is 4.02. The molecule has 0 aliphatic carbocycles. The minimum atomic E-state index is -0.517. The van der Waals surface area contributed by atoms with E-state index in [9.17, 15) is 9.90 Å². The number of fused-ring (bicyclic) bond motifs is 1. The SMILES string of the molecule is CCC(O)c1cc2n(n1)CCCN(C(=O)CCc1ccsc1)C2. The van der Waals surface area contributed by atoms with Gasteiger partial charge in [0.1, 0.15) is 0 Å². The van der Waals surface area contributed by atoms with Crippen LogP contribution in [0.5, 0.6) is 0 Å². The van der Waals surface area contributed by atoms with Gasteiger partial charge in [0.05, 0.1) is 24.0 Å². The lowest BCUT2D eigenvalue weighted by Crippen LogP contribution is -2.30. The molecule has 3 rings (SSSR count). The first-order chi connectivity index (χ1) is 11.2. The van der Waals surface area contributed by atoms with Crippen LogP contribution in [0.2, 0.25) is 0 Å². The molecule has 0 saturated carbocycles. The van der Waals surface area contributed by atoms with Crippen LogP contribution in [0.25, 0.3) is 0 Å². The van der Waals surface area contributed by atoms with Crippen molar-refractivity contribution in [2.24, 2.45) is 0 Å². The molecule has 1 aliphatic rings. The van der Waals surface area contributed by atoms with Crippen LogP contribution in [0, 0.1) is 0 Å². The zero-order valence-electron chi connectivity index (χ0n) is 13.4. The zero-order chi connectivity index (χ0) is 16.2. The Morgan fingerprint density at radius 1 is 1.48 bits per heavy atom. The average Bonchev–Trinajstić information content (AvgIpc) is 3.17. The summed E-state index contributed by atoms with van der Waals surface area (Å²) in [5, 5.41) is 18.6. The second kappa shape index (κ2) is 7.27. The van der Waals surface area contributed by atoms with Gasteiger partial charge in [0.15, 0.2) is 0 Å². The molecule has 1 N–H and O–H groups in total. The Balaban J connectivity index is 1.65. The molecule has 3 heterocycles. The van der Waals surface area contributed by atoms with Gasteiger partial charge >= 0.3 is 0 Å². The van der Waals surface area contributed by atoms with Crippen LogP contribution >= 0.6 is 11.3 Å². The Morgan fingerprint density at radius 3 is 3.09 bits per heavy atom. The molecular weight excluding hydrogens is 310 g/mol. The van der Waals surface area contributed by atoms with Crippen molar-refractivity contribution < 1.29 is 9.90 Å². The molecule has 0 spiro atoms. The molecule has 0 radical (unpaired) electrons. The van der Waals surface area contributed by atoms with Gasteiger partial charge in [0.25, 0.3) is 0 Å². The van der Waals surface area contributed by atoms with Gasteiger partial charge in [0, 0.05) is 19.5 Å². The number of aromatic nitrogens is 2. The Bertz CT molecular complexity index is 651. The topological polar surface area (TPSA) is 58.4 Å². The van der Waals surface area contributed by atoms with Crippen molar-refractivity contribution in [1.29, 1.82) is 0 Å². The van der Waals surface area contributed by atoms with Crippen LogP contribution in [-0.2, 0) is 24.3 Å². The van der Waals surface area contributed by atoms with Gasteiger partial charge in [-0.1, -0.05) is 6.92 Å². The molecule has 6 heteroatoms. The molecule has 2 aromatic rings. The highest BCUT2D eigenvalue weighted by atomic mass is 32.1. The van der Waals surface area contributed by atoms with E-state index >= 15 is 0 Å². The number of aliphatic hydroxyl groups is 1. The summed E-state index contributed by atoms with van der Waals surface area (Å²) < 4.78 is 1.94. The third-order valence-corrected chi connectivity index (χ3v) is 5.05.